The van der Waals surface area contributed by atoms with Crippen LogP contribution < -0.4 is 16.1 Å². The van der Waals surface area contributed by atoms with Crippen LogP contribution in [0.15, 0.2) is 58.7 Å². The van der Waals surface area contributed by atoms with Crippen molar-refractivity contribution < 1.29 is 33.8 Å². The first-order chi connectivity index (χ1) is 19.0. The highest BCUT2D eigenvalue weighted by Gasteiger charge is 2.54. The van der Waals surface area contributed by atoms with E-state index in [1.54, 1.807) is 41.8 Å². The zero-order valence-electron chi connectivity index (χ0n) is 22.0. The first-order valence-electron chi connectivity index (χ1n) is 12.4. The zero-order valence-corrected chi connectivity index (χ0v) is 22.8. The standard InChI is InChI=1S/C27H28N4O8S/c1-4-30-11-18(19(33)10-14(30)2)23(34)28-20(16-8-6-5-7-9-16)24(35)29-21-25(36)31-22(27(37)38)17(12-39-15(3)32)13-40-26(21)31/h5-11,20-21,26H,4,12-13H2,1-3H3,(H,28,34)(H,29,35)(H,37,38)/t20?,21-,26-/m1/s1. The van der Waals surface area contributed by atoms with Crippen LogP contribution in [0.3, 0.4) is 0 Å². The molecule has 0 saturated carbocycles. The summed E-state index contributed by atoms with van der Waals surface area (Å²) in [7, 11) is 0. The lowest BCUT2D eigenvalue weighted by Crippen LogP contribution is -2.71. The summed E-state index contributed by atoms with van der Waals surface area (Å²) < 4.78 is 6.67. The summed E-state index contributed by atoms with van der Waals surface area (Å²) in [5, 5.41) is 14.3. The summed E-state index contributed by atoms with van der Waals surface area (Å²) in [6.07, 6.45) is 1.44. The third-order valence-corrected chi connectivity index (χ3v) is 7.94. The van der Waals surface area contributed by atoms with Crippen LogP contribution in [0.2, 0.25) is 0 Å². The molecule has 3 amide bonds. The Bertz CT molecular complexity index is 1470. The number of aliphatic carboxylic acids is 1. The van der Waals surface area contributed by atoms with Crippen LogP contribution >= 0.6 is 11.8 Å². The van der Waals surface area contributed by atoms with Crippen LogP contribution in [-0.2, 0) is 30.5 Å². The van der Waals surface area contributed by atoms with E-state index in [9.17, 15) is 33.9 Å². The number of hydrogen-bond acceptors (Lipinski definition) is 8. The second-order valence-corrected chi connectivity index (χ2v) is 10.3. The normalized spacial score (nSPS) is 18.8. The molecule has 0 bridgehead atoms. The summed E-state index contributed by atoms with van der Waals surface area (Å²) in [5.74, 6) is -3.87. The van der Waals surface area contributed by atoms with Crippen molar-refractivity contribution in [3.8, 4) is 0 Å². The number of carboxylic acid groups (broad SMARTS) is 1. The van der Waals surface area contributed by atoms with Crippen molar-refractivity contribution in [2.24, 2.45) is 0 Å². The van der Waals surface area contributed by atoms with Gasteiger partial charge in [-0.05, 0) is 19.4 Å². The lowest BCUT2D eigenvalue weighted by molar-refractivity contribution is -0.151. The van der Waals surface area contributed by atoms with Gasteiger partial charge in [-0.2, -0.15) is 0 Å². The van der Waals surface area contributed by atoms with Gasteiger partial charge in [0.2, 0.25) is 5.91 Å². The molecule has 0 spiro atoms. The molecule has 1 aromatic carbocycles. The van der Waals surface area contributed by atoms with Crippen molar-refractivity contribution in [2.45, 2.75) is 44.8 Å². The number of amides is 3. The van der Waals surface area contributed by atoms with Crippen LogP contribution in [0.4, 0.5) is 0 Å². The number of esters is 1. The molecular weight excluding hydrogens is 540 g/mol. The molecule has 4 rings (SSSR count). The lowest BCUT2D eigenvalue weighted by atomic mass is 10.0. The largest absolute Gasteiger partial charge is 0.477 e. The van der Waals surface area contributed by atoms with Crippen molar-refractivity contribution in [2.75, 3.05) is 12.4 Å². The van der Waals surface area contributed by atoms with E-state index in [2.05, 4.69) is 10.6 Å². The van der Waals surface area contributed by atoms with E-state index in [1.165, 1.54) is 30.9 Å². The number of rotatable bonds is 9. The van der Waals surface area contributed by atoms with Gasteiger partial charge in [0.15, 0.2) is 5.43 Å². The van der Waals surface area contributed by atoms with Crippen molar-refractivity contribution >= 4 is 41.4 Å². The third kappa shape index (κ3) is 5.64. The molecule has 1 fully saturated rings. The Morgan fingerprint density at radius 2 is 1.88 bits per heavy atom. The van der Waals surface area contributed by atoms with Crippen molar-refractivity contribution in [1.29, 1.82) is 0 Å². The molecule has 1 saturated heterocycles. The number of carbonyl (C=O) groups is 5. The first-order valence-corrected chi connectivity index (χ1v) is 13.5. The number of aryl methyl sites for hydroxylation is 2. The number of benzene rings is 1. The van der Waals surface area contributed by atoms with Crippen molar-refractivity contribution in [3.05, 3.63) is 80.9 Å². The minimum Gasteiger partial charge on any atom is -0.477 e. The molecule has 2 aromatic rings. The maximum absolute atomic E-state index is 13.5. The van der Waals surface area contributed by atoms with Gasteiger partial charge in [0, 0.05) is 42.8 Å². The van der Waals surface area contributed by atoms with Crippen LogP contribution in [-0.4, -0.2) is 68.0 Å². The molecule has 0 radical (unpaired) electrons. The Morgan fingerprint density at radius 1 is 1.18 bits per heavy atom. The Kier molecular flexibility index (Phi) is 8.43. The van der Waals surface area contributed by atoms with Crippen LogP contribution in [0, 0.1) is 6.92 Å². The summed E-state index contributed by atoms with van der Waals surface area (Å²) in [6.45, 7) is 5.08. The van der Waals surface area contributed by atoms with E-state index >= 15 is 0 Å². The second kappa shape index (κ2) is 11.8. The van der Waals surface area contributed by atoms with E-state index in [-0.39, 0.29) is 29.2 Å². The molecule has 2 aliphatic rings. The Morgan fingerprint density at radius 3 is 2.50 bits per heavy atom. The zero-order chi connectivity index (χ0) is 29.1. The maximum atomic E-state index is 13.5. The molecule has 12 nitrogen and oxygen atoms in total. The van der Waals surface area contributed by atoms with E-state index in [0.29, 0.717) is 17.8 Å². The number of thioether (sulfide) groups is 1. The van der Waals surface area contributed by atoms with Crippen LogP contribution in [0.25, 0.3) is 0 Å². The number of aromatic nitrogens is 1. The van der Waals surface area contributed by atoms with Gasteiger partial charge in [-0.15, -0.1) is 11.8 Å². The van der Waals surface area contributed by atoms with Gasteiger partial charge in [-0.1, -0.05) is 30.3 Å². The number of pyridine rings is 1. The highest BCUT2D eigenvalue weighted by molar-refractivity contribution is 8.00. The fourth-order valence-electron chi connectivity index (χ4n) is 4.56. The Labute approximate surface area is 233 Å². The molecule has 40 heavy (non-hydrogen) atoms. The van der Waals surface area contributed by atoms with Gasteiger partial charge in [-0.3, -0.25) is 28.9 Å². The number of hydrogen-bond donors (Lipinski definition) is 3. The third-order valence-electron chi connectivity index (χ3n) is 6.60. The lowest BCUT2D eigenvalue weighted by Gasteiger charge is -2.49. The molecule has 1 aromatic heterocycles. The number of nitrogens with one attached hydrogen (secondary N) is 2. The molecule has 210 valence electrons. The predicted octanol–water partition coefficient (Wildman–Crippen LogP) is 0.949. The maximum Gasteiger partial charge on any atom is 0.352 e. The number of carboxylic acids is 1. The highest BCUT2D eigenvalue weighted by atomic mass is 32.2. The summed E-state index contributed by atoms with van der Waals surface area (Å²) in [4.78, 5) is 76.5. The summed E-state index contributed by atoms with van der Waals surface area (Å²) in [5.41, 5.74) is 0.475. The quantitative estimate of drug-likeness (QED) is 0.295. The van der Waals surface area contributed by atoms with Crippen molar-refractivity contribution in [1.82, 2.24) is 20.1 Å². The van der Waals surface area contributed by atoms with Gasteiger partial charge >= 0.3 is 11.9 Å². The Balaban J connectivity index is 1.56. The predicted molar refractivity (Wildman–Crippen MR) is 144 cm³/mol. The summed E-state index contributed by atoms with van der Waals surface area (Å²) in [6, 6.07) is 7.40. The molecule has 13 heteroatoms. The van der Waals surface area contributed by atoms with Gasteiger partial charge in [0.1, 0.15) is 35.3 Å². The fraction of sp³-hybridized carbons (Fsp3) is 0.333. The monoisotopic (exact) mass is 568 g/mol. The van der Waals surface area contributed by atoms with E-state index in [0.717, 1.165) is 4.90 Å². The Hall–Kier alpha value is -4.39. The van der Waals surface area contributed by atoms with E-state index in [4.69, 9.17) is 4.74 Å². The number of carbonyl (C=O) groups excluding carboxylic acids is 4. The highest BCUT2D eigenvalue weighted by Crippen LogP contribution is 2.40. The second-order valence-electron chi connectivity index (χ2n) is 9.23. The average Bonchev–Trinajstić information content (AvgIpc) is 2.93. The first kappa shape index (κ1) is 28.6. The smallest absolute Gasteiger partial charge is 0.352 e. The van der Waals surface area contributed by atoms with Crippen LogP contribution in [0.5, 0.6) is 0 Å². The SMILES string of the molecule is CCn1cc(C(=O)NC(C(=O)N[C@@H]2C(=O)N3C(C(=O)O)=C(COC(C)=O)CS[C@H]23)c2ccccc2)c(=O)cc1C. The summed E-state index contributed by atoms with van der Waals surface area (Å²) >= 11 is 1.22. The van der Waals surface area contributed by atoms with Gasteiger partial charge < -0.3 is 25.0 Å². The average molecular weight is 569 g/mol. The molecule has 3 N–H and O–H groups in total. The molecule has 1 unspecified atom stereocenters. The molecule has 0 aliphatic carbocycles. The van der Waals surface area contributed by atoms with E-state index < -0.39 is 52.5 Å². The molecular formula is C27H28N4O8S. The van der Waals surface area contributed by atoms with Gasteiger partial charge in [0.05, 0.1) is 0 Å². The number of fused-ring (bicyclic) bond motifs is 1. The minimum absolute atomic E-state index is 0.133. The molecule has 2 aliphatic heterocycles. The number of nitrogens with zero attached hydrogens (tertiary/aromatic N) is 2. The number of β-lactam (4-membered cyclic amide) rings is 1. The molecule has 3 heterocycles. The van der Waals surface area contributed by atoms with Gasteiger partial charge in [0.25, 0.3) is 11.8 Å². The van der Waals surface area contributed by atoms with Crippen LogP contribution in [0.1, 0.15) is 41.5 Å². The van der Waals surface area contributed by atoms with Crippen molar-refractivity contribution in [3.63, 3.8) is 0 Å². The van der Waals surface area contributed by atoms with E-state index in [1.807, 2.05) is 6.92 Å². The minimum atomic E-state index is -1.35. The number of ether oxygens (including phenoxy) is 1. The molecule has 3 atom stereocenters. The fourth-order valence-corrected chi connectivity index (χ4v) is 5.88. The van der Waals surface area contributed by atoms with Gasteiger partial charge in [-0.25, -0.2) is 4.79 Å². The topological polar surface area (TPSA) is 164 Å².